The van der Waals surface area contributed by atoms with Crippen molar-refractivity contribution in [2.45, 2.75) is 13.8 Å². The van der Waals surface area contributed by atoms with Crippen molar-refractivity contribution in [3.05, 3.63) is 69.7 Å². The molecule has 3 amide bonds. The predicted molar refractivity (Wildman–Crippen MR) is 105 cm³/mol. The maximum atomic E-state index is 12.1. The van der Waals surface area contributed by atoms with Crippen LogP contribution in [0.5, 0.6) is 0 Å². The standard InChI is InChI=1S/C20H22ClN3O3/c1-13-3-4-16(11-14(13)2)20(27)24-12-18(25)22-9-10-23-19(26)15-5-7-17(21)8-6-15/h3-8,11H,9-10,12H2,1-2H3,(H,22,25)(H,23,26)(H,24,27). The number of nitrogens with one attached hydrogen (secondary N) is 3. The molecule has 6 nitrogen and oxygen atoms in total. The van der Waals surface area contributed by atoms with Crippen molar-refractivity contribution in [1.82, 2.24) is 16.0 Å². The van der Waals surface area contributed by atoms with Gasteiger partial charge in [0.05, 0.1) is 6.54 Å². The summed E-state index contributed by atoms with van der Waals surface area (Å²) in [6.45, 7) is 4.31. The molecule has 0 aliphatic carbocycles. The maximum Gasteiger partial charge on any atom is 0.251 e. The number of rotatable bonds is 7. The van der Waals surface area contributed by atoms with Crippen molar-refractivity contribution in [3.8, 4) is 0 Å². The Balaban J connectivity index is 1.67. The van der Waals surface area contributed by atoms with E-state index >= 15 is 0 Å². The van der Waals surface area contributed by atoms with Crippen molar-refractivity contribution in [1.29, 1.82) is 0 Å². The van der Waals surface area contributed by atoms with Gasteiger partial charge in [0, 0.05) is 29.2 Å². The Kier molecular flexibility index (Phi) is 7.37. The summed E-state index contributed by atoms with van der Waals surface area (Å²) in [6.07, 6.45) is 0. The van der Waals surface area contributed by atoms with Gasteiger partial charge in [0.15, 0.2) is 0 Å². The van der Waals surface area contributed by atoms with Gasteiger partial charge in [0.2, 0.25) is 5.91 Å². The zero-order valence-corrected chi connectivity index (χ0v) is 16.0. The summed E-state index contributed by atoms with van der Waals surface area (Å²) in [5.41, 5.74) is 3.13. The van der Waals surface area contributed by atoms with E-state index in [4.69, 9.17) is 11.6 Å². The molecule has 7 heteroatoms. The second-order valence-electron chi connectivity index (χ2n) is 6.09. The molecule has 0 aromatic heterocycles. The van der Waals surface area contributed by atoms with Crippen LogP contribution in [0, 0.1) is 13.8 Å². The van der Waals surface area contributed by atoms with E-state index < -0.39 is 0 Å². The lowest BCUT2D eigenvalue weighted by molar-refractivity contribution is -0.120. The summed E-state index contributed by atoms with van der Waals surface area (Å²) in [5, 5.41) is 8.46. The van der Waals surface area contributed by atoms with E-state index in [1.165, 1.54) is 0 Å². The van der Waals surface area contributed by atoms with Gasteiger partial charge in [-0.3, -0.25) is 14.4 Å². The molecule has 27 heavy (non-hydrogen) atoms. The van der Waals surface area contributed by atoms with Gasteiger partial charge in [0.1, 0.15) is 0 Å². The van der Waals surface area contributed by atoms with Crippen LogP contribution in [0.4, 0.5) is 0 Å². The number of carbonyl (C=O) groups excluding carboxylic acids is 3. The number of halogens is 1. The third-order valence-corrected chi connectivity index (χ3v) is 4.27. The molecule has 0 unspecified atom stereocenters. The average molecular weight is 388 g/mol. The van der Waals surface area contributed by atoms with Gasteiger partial charge in [-0.15, -0.1) is 0 Å². The maximum absolute atomic E-state index is 12.1. The molecule has 0 aliphatic rings. The molecular formula is C20H22ClN3O3. The van der Waals surface area contributed by atoms with Crippen LogP contribution in [-0.2, 0) is 4.79 Å². The Hall–Kier alpha value is -2.86. The summed E-state index contributed by atoms with van der Waals surface area (Å²) < 4.78 is 0. The fourth-order valence-corrected chi connectivity index (χ4v) is 2.42. The van der Waals surface area contributed by atoms with Crippen LogP contribution in [0.25, 0.3) is 0 Å². The summed E-state index contributed by atoms with van der Waals surface area (Å²) in [4.78, 5) is 35.8. The lowest BCUT2D eigenvalue weighted by Crippen LogP contribution is -2.40. The minimum absolute atomic E-state index is 0.128. The van der Waals surface area contributed by atoms with E-state index in [0.717, 1.165) is 11.1 Å². The molecule has 2 rings (SSSR count). The first-order valence-corrected chi connectivity index (χ1v) is 8.90. The van der Waals surface area contributed by atoms with E-state index in [-0.39, 0.29) is 37.4 Å². The number of hydrogen-bond donors (Lipinski definition) is 3. The average Bonchev–Trinajstić information content (AvgIpc) is 2.65. The molecule has 0 spiro atoms. The van der Waals surface area contributed by atoms with Crippen molar-refractivity contribution >= 4 is 29.3 Å². The molecule has 3 N–H and O–H groups in total. The van der Waals surface area contributed by atoms with Crippen LogP contribution in [0.2, 0.25) is 5.02 Å². The molecule has 0 fully saturated rings. The Morgan fingerprint density at radius 2 is 1.37 bits per heavy atom. The predicted octanol–water partition coefficient (Wildman–Crippen LogP) is 2.23. The van der Waals surface area contributed by atoms with Gasteiger partial charge in [-0.25, -0.2) is 0 Å². The topological polar surface area (TPSA) is 87.3 Å². The number of benzene rings is 2. The number of hydrogen-bond acceptors (Lipinski definition) is 3. The van der Waals surface area contributed by atoms with Crippen LogP contribution in [0.15, 0.2) is 42.5 Å². The van der Waals surface area contributed by atoms with E-state index in [0.29, 0.717) is 16.1 Å². The van der Waals surface area contributed by atoms with Gasteiger partial charge < -0.3 is 16.0 Å². The van der Waals surface area contributed by atoms with E-state index in [1.807, 2.05) is 19.9 Å². The summed E-state index contributed by atoms with van der Waals surface area (Å²) in [6, 6.07) is 11.9. The van der Waals surface area contributed by atoms with Crippen molar-refractivity contribution in [2.75, 3.05) is 19.6 Å². The molecule has 2 aromatic rings. The van der Waals surface area contributed by atoms with Crippen LogP contribution >= 0.6 is 11.6 Å². The van der Waals surface area contributed by atoms with Crippen LogP contribution < -0.4 is 16.0 Å². The Morgan fingerprint density at radius 1 is 0.778 bits per heavy atom. The third-order valence-electron chi connectivity index (χ3n) is 4.02. The fraction of sp³-hybridized carbons (Fsp3) is 0.250. The van der Waals surface area contributed by atoms with Gasteiger partial charge in [-0.2, -0.15) is 0 Å². The molecule has 0 radical (unpaired) electrons. The highest BCUT2D eigenvalue weighted by atomic mass is 35.5. The minimum Gasteiger partial charge on any atom is -0.353 e. The first kappa shape index (κ1) is 20.5. The highest BCUT2D eigenvalue weighted by molar-refractivity contribution is 6.30. The fourth-order valence-electron chi connectivity index (χ4n) is 2.29. The Morgan fingerprint density at radius 3 is 2.04 bits per heavy atom. The van der Waals surface area contributed by atoms with E-state index in [9.17, 15) is 14.4 Å². The Bertz CT molecular complexity index is 835. The van der Waals surface area contributed by atoms with E-state index in [1.54, 1.807) is 36.4 Å². The molecule has 2 aromatic carbocycles. The lowest BCUT2D eigenvalue weighted by atomic mass is 10.1. The number of aryl methyl sites for hydroxylation is 2. The second kappa shape index (κ2) is 9.73. The molecule has 0 saturated heterocycles. The van der Waals surface area contributed by atoms with Gasteiger partial charge in [-0.05, 0) is 61.4 Å². The molecule has 0 atom stereocenters. The Labute approximate surface area is 163 Å². The number of carbonyl (C=O) groups is 3. The van der Waals surface area contributed by atoms with Crippen LogP contribution in [-0.4, -0.2) is 37.4 Å². The molecule has 0 aliphatic heterocycles. The van der Waals surface area contributed by atoms with Crippen molar-refractivity contribution < 1.29 is 14.4 Å². The van der Waals surface area contributed by atoms with Crippen LogP contribution in [0.1, 0.15) is 31.8 Å². The largest absolute Gasteiger partial charge is 0.353 e. The summed E-state index contributed by atoms with van der Waals surface area (Å²) in [5.74, 6) is -0.874. The normalized spacial score (nSPS) is 10.2. The summed E-state index contributed by atoms with van der Waals surface area (Å²) >= 11 is 5.77. The number of amides is 3. The smallest absolute Gasteiger partial charge is 0.251 e. The monoisotopic (exact) mass is 387 g/mol. The molecule has 142 valence electrons. The van der Waals surface area contributed by atoms with E-state index in [2.05, 4.69) is 16.0 Å². The summed E-state index contributed by atoms with van der Waals surface area (Å²) in [7, 11) is 0. The quantitative estimate of drug-likeness (QED) is 0.637. The lowest BCUT2D eigenvalue weighted by Gasteiger charge is -2.09. The molecular weight excluding hydrogens is 366 g/mol. The van der Waals surface area contributed by atoms with Crippen LogP contribution in [0.3, 0.4) is 0 Å². The first-order valence-electron chi connectivity index (χ1n) is 8.52. The molecule has 0 heterocycles. The zero-order valence-electron chi connectivity index (χ0n) is 15.3. The van der Waals surface area contributed by atoms with Crippen molar-refractivity contribution in [2.24, 2.45) is 0 Å². The molecule has 0 saturated carbocycles. The SMILES string of the molecule is Cc1ccc(C(=O)NCC(=O)NCCNC(=O)c2ccc(Cl)cc2)cc1C. The van der Waals surface area contributed by atoms with Gasteiger partial charge >= 0.3 is 0 Å². The first-order chi connectivity index (χ1) is 12.9. The van der Waals surface area contributed by atoms with Gasteiger partial charge in [-0.1, -0.05) is 17.7 Å². The van der Waals surface area contributed by atoms with Crippen molar-refractivity contribution in [3.63, 3.8) is 0 Å². The molecule has 0 bridgehead atoms. The highest BCUT2D eigenvalue weighted by Crippen LogP contribution is 2.10. The third kappa shape index (κ3) is 6.42. The second-order valence-corrected chi connectivity index (χ2v) is 6.53. The highest BCUT2D eigenvalue weighted by Gasteiger charge is 2.09. The van der Waals surface area contributed by atoms with Gasteiger partial charge in [0.25, 0.3) is 11.8 Å². The zero-order chi connectivity index (χ0) is 19.8. The minimum atomic E-state index is -0.326.